The van der Waals surface area contributed by atoms with E-state index in [0.717, 1.165) is 41.7 Å². The molecule has 1 rings (SSSR count). The van der Waals surface area contributed by atoms with Crippen molar-refractivity contribution in [3.05, 3.63) is 45.8 Å². The Morgan fingerprint density at radius 3 is 2.47 bits per heavy atom. The number of carbonyl (C=O) groups is 1. The highest BCUT2D eigenvalue weighted by Crippen LogP contribution is 2.15. The first kappa shape index (κ1) is 25.3. The summed E-state index contributed by atoms with van der Waals surface area (Å²) in [5.41, 5.74) is 1.63. The van der Waals surface area contributed by atoms with Crippen molar-refractivity contribution in [2.45, 2.75) is 65.8 Å². The molecule has 0 radical (unpaired) electrons. The van der Waals surface area contributed by atoms with Crippen LogP contribution < -0.4 is 15.8 Å². The third-order valence-corrected chi connectivity index (χ3v) is 5.40. The van der Waals surface area contributed by atoms with Crippen molar-refractivity contribution in [2.24, 2.45) is 5.92 Å². The SMILES string of the molecule is C/C=c1/cc(C(=O)N(C=N)[C@H](CC)CCC)cc(CC(C=N)C/C=C/C)/c1=C/NC. The highest BCUT2D eigenvalue weighted by atomic mass is 16.2. The second-order valence-electron chi connectivity index (χ2n) is 7.49. The maximum atomic E-state index is 13.3. The van der Waals surface area contributed by atoms with E-state index in [1.54, 1.807) is 4.90 Å². The zero-order chi connectivity index (χ0) is 22.5. The molecule has 0 aliphatic heterocycles. The number of benzene rings is 1. The summed E-state index contributed by atoms with van der Waals surface area (Å²) in [5.74, 6) is -0.0619. The summed E-state index contributed by atoms with van der Waals surface area (Å²) in [6, 6.07) is 3.89. The average Bonchev–Trinajstić information content (AvgIpc) is 2.76. The van der Waals surface area contributed by atoms with Crippen molar-refractivity contribution >= 4 is 30.7 Å². The number of hydrogen-bond donors (Lipinski definition) is 3. The van der Waals surface area contributed by atoms with Crippen LogP contribution in [0.25, 0.3) is 12.3 Å². The lowest BCUT2D eigenvalue weighted by Gasteiger charge is -2.27. The quantitative estimate of drug-likeness (QED) is 0.278. The van der Waals surface area contributed by atoms with E-state index in [1.165, 1.54) is 12.6 Å². The van der Waals surface area contributed by atoms with Gasteiger partial charge in [0.2, 0.25) is 0 Å². The van der Waals surface area contributed by atoms with Crippen LogP contribution in [0.4, 0.5) is 0 Å². The molecular formula is C25H38N4O. The number of nitrogens with one attached hydrogen (secondary N) is 3. The van der Waals surface area contributed by atoms with Gasteiger partial charge in [-0.25, -0.2) is 0 Å². The van der Waals surface area contributed by atoms with Crippen LogP contribution in [-0.4, -0.2) is 36.4 Å². The number of hydrogen-bond acceptors (Lipinski definition) is 4. The van der Waals surface area contributed by atoms with E-state index in [9.17, 15) is 4.79 Å². The second kappa shape index (κ2) is 13.5. The molecule has 164 valence electrons. The Bertz CT molecular complexity index is 857. The van der Waals surface area contributed by atoms with Crippen LogP contribution in [0, 0.1) is 16.7 Å². The summed E-state index contributed by atoms with van der Waals surface area (Å²) in [6.07, 6.45) is 14.8. The first-order valence-corrected chi connectivity index (χ1v) is 10.9. The van der Waals surface area contributed by atoms with E-state index < -0.39 is 0 Å². The number of rotatable bonds is 12. The predicted octanol–water partition coefficient (Wildman–Crippen LogP) is 3.85. The molecule has 1 amide bonds. The Balaban J connectivity index is 3.54. The van der Waals surface area contributed by atoms with Gasteiger partial charge in [0.25, 0.3) is 5.91 Å². The summed E-state index contributed by atoms with van der Waals surface area (Å²) < 4.78 is 0. The van der Waals surface area contributed by atoms with Crippen molar-refractivity contribution in [2.75, 3.05) is 7.05 Å². The molecule has 2 atom stereocenters. The molecular weight excluding hydrogens is 372 g/mol. The Morgan fingerprint density at radius 2 is 1.97 bits per heavy atom. The average molecular weight is 411 g/mol. The lowest BCUT2D eigenvalue weighted by Crippen LogP contribution is -2.40. The lowest BCUT2D eigenvalue weighted by atomic mass is 9.93. The molecule has 0 heterocycles. The van der Waals surface area contributed by atoms with Gasteiger partial charge in [0, 0.05) is 36.0 Å². The van der Waals surface area contributed by atoms with Crippen molar-refractivity contribution < 1.29 is 4.79 Å². The molecule has 5 nitrogen and oxygen atoms in total. The summed E-state index contributed by atoms with van der Waals surface area (Å²) in [4.78, 5) is 14.9. The number of carbonyl (C=O) groups excluding carboxylic acids is 1. The zero-order valence-electron chi connectivity index (χ0n) is 19.2. The summed E-state index contributed by atoms with van der Waals surface area (Å²) in [7, 11) is 1.86. The Labute approximate surface area is 181 Å². The normalized spacial score (nSPS) is 14.6. The summed E-state index contributed by atoms with van der Waals surface area (Å²) >= 11 is 0. The van der Waals surface area contributed by atoms with Gasteiger partial charge in [-0.15, -0.1) is 0 Å². The molecule has 3 N–H and O–H groups in total. The molecule has 0 aliphatic rings. The smallest absolute Gasteiger partial charge is 0.259 e. The van der Waals surface area contributed by atoms with Crippen LogP contribution >= 0.6 is 0 Å². The molecule has 1 aromatic carbocycles. The van der Waals surface area contributed by atoms with Crippen molar-refractivity contribution in [3.8, 4) is 0 Å². The van der Waals surface area contributed by atoms with Gasteiger partial charge in [0.15, 0.2) is 0 Å². The Hall–Kier alpha value is -2.69. The third kappa shape index (κ3) is 6.68. The van der Waals surface area contributed by atoms with Gasteiger partial charge >= 0.3 is 0 Å². The molecule has 1 aromatic rings. The van der Waals surface area contributed by atoms with Crippen LogP contribution in [0.3, 0.4) is 0 Å². The van der Waals surface area contributed by atoms with Gasteiger partial charge < -0.3 is 10.7 Å². The molecule has 5 heteroatoms. The molecule has 0 saturated heterocycles. The van der Waals surface area contributed by atoms with E-state index in [4.69, 9.17) is 10.8 Å². The topological polar surface area (TPSA) is 80.0 Å². The minimum Gasteiger partial charge on any atom is -0.393 e. The monoisotopic (exact) mass is 410 g/mol. The molecule has 0 aromatic heterocycles. The third-order valence-electron chi connectivity index (χ3n) is 5.40. The van der Waals surface area contributed by atoms with Crippen molar-refractivity contribution in [3.63, 3.8) is 0 Å². The predicted molar refractivity (Wildman–Crippen MR) is 129 cm³/mol. The number of allylic oxidation sites excluding steroid dienone is 2. The molecule has 0 spiro atoms. The van der Waals surface area contributed by atoms with Crippen molar-refractivity contribution in [1.29, 1.82) is 10.8 Å². The van der Waals surface area contributed by atoms with Gasteiger partial charge in [-0.1, -0.05) is 38.5 Å². The second-order valence-corrected chi connectivity index (χ2v) is 7.49. The minimum absolute atomic E-state index is 0.0325. The Morgan fingerprint density at radius 1 is 1.23 bits per heavy atom. The summed E-state index contributed by atoms with van der Waals surface area (Å²) in [6.45, 7) is 8.11. The van der Waals surface area contributed by atoms with Gasteiger partial charge in [0.05, 0.1) is 6.34 Å². The molecule has 30 heavy (non-hydrogen) atoms. The Kier molecular flexibility index (Phi) is 11.4. The minimum atomic E-state index is -0.134. The van der Waals surface area contributed by atoms with Crippen molar-refractivity contribution in [1.82, 2.24) is 10.2 Å². The van der Waals surface area contributed by atoms with Crippen LogP contribution in [0.15, 0.2) is 24.3 Å². The van der Waals surface area contributed by atoms with E-state index in [0.29, 0.717) is 12.0 Å². The molecule has 0 saturated carbocycles. The van der Waals surface area contributed by atoms with Crippen LogP contribution in [-0.2, 0) is 6.42 Å². The first-order chi connectivity index (χ1) is 14.5. The highest BCUT2D eigenvalue weighted by Gasteiger charge is 2.22. The van der Waals surface area contributed by atoms with Crippen LogP contribution in [0.2, 0.25) is 0 Å². The fourth-order valence-corrected chi connectivity index (χ4v) is 3.75. The maximum absolute atomic E-state index is 13.3. The van der Waals surface area contributed by atoms with E-state index >= 15 is 0 Å². The molecule has 0 fully saturated rings. The van der Waals surface area contributed by atoms with Crippen LogP contribution in [0.1, 0.15) is 69.3 Å². The van der Waals surface area contributed by atoms with E-state index in [-0.39, 0.29) is 17.9 Å². The van der Waals surface area contributed by atoms with E-state index in [1.807, 2.05) is 51.4 Å². The standard InChI is InChI=1S/C25H38N4O/c1-6-10-12-19(16-26)13-21-15-22(14-20(8-3)24(21)17-28-5)25(30)29(18-27)23(9-4)11-7-2/h6,8,10,14-19,23,26-28H,7,9,11-13H2,1-5H3/b10-6+,20-8-,24-17+,26-16?,27-18?/t19?,23-/m1/s1. The van der Waals surface area contributed by atoms with Crippen LogP contribution in [0.5, 0.6) is 0 Å². The largest absolute Gasteiger partial charge is 0.393 e. The number of amides is 1. The van der Waals surface area contributed by atoms with Gasteiger partial charge in [-0.05, 0) is 68.7 Å². The summed E-state index contributed by atoms with van der Waals surface area (Å²) in [5, 5.41) is 20.8. The fourth-order valence-electron chi connectivity index (χ4n) is 3.75. The first-order valence-electron chi connectivity index (χ1n) is 10.9. The van der Waals surface area contributed by atoms with Gasteiger partial charge in [-0.3, -0.25) is 15.1 Å². The molecule has 0 aliphatic carbocycles. The number of nitrogens with zero attached hydrogens (tertiary/aromatic N) is 1. The maximum Gasteiger partial charge on any atom is 0.259 e. The van der Waals surface area contributed by atoms with Gasteiger partial charge in [-0.2, -0.15) is 0 Å². The zero-order valence-corrected chi connectivity index (χ0v) is 19.2. The fraction of sp³-hybridized carbons (Fsp3) is 0.480. The molecule has 1 unspecified atom stereocenters. The molecule has 0 bridgehead atoms. The lowest BCUT2D eigenvalue weighted by molar-refractivity contribution is 0.0799. The highest BCUT2D eigenvalue weighted by molar-refractivity contribution is 6.00. The van der Waals surface area contributed by atoms with E-state index in [2.05, 4.69) is 25.2 Å². The van der Waals surface area contributed by atoms with Gasteiger partial charge in [0.1, 0.15) is 0 Å².